The molecule has 0 aliphatic heterocycles. The Bertz CT molecular complexity index is 771. The summed E-state index contributed by atoms with van der Waals surface area (Å²) >= 11 is 7.44. The van der Waals surface area contributed by atoms with Crippen molar-refractivity contribution in [1.29, 1.82) is 0 Å². The molecule has 1 amide bonds. The van der Waals surface area contributed by atoms with Gasteiger partial charge in [-0.2, -0.15) is 13.2 Å². The summed E-state index contributed by atoms with van der Waals surface area (Å²) in [5, 5.41) is 2.57. The lowest BCUT2D eigenvalue weighted by Gasteiger charge is -2.09. The summed E-state index contributed by atoms with van der Waals surface area (Å²) in [4.78, 5) is 19.3. The van der Waals surface area contributed by atoms with Crippen molar-refractivity contribution in [2.45, 2.75) is 18.3 Å². The number of hydrogen-bond acceptors (Lipinski definition) is 4. The van der Waals surface area contributed by atoms with Crippen LogP contribution in [-0.2, 0) is 11.0 Å². The number of carbonyl (C=O) groups excluding carboxylic acids is 1. The molecule has 1 aromatic heterocycles. The van der Waals surface area contributed by atoms with E-state index in [9.17, 15) is 18.0 Å². The van der Waals surface area contributed by atoms with Gasteiger partial charge in [-0.15, -0.1) is 0 Å². The Labute approximate surface area is 156 Å². The van der Waals surface area contributed by atoms with Crippen molar-refractivity contribution in [3.8, 4) is 0 Å². The number of rotatable bonds is 4. The van der Waals surface area contributed by atoms with Crippen molar-refractivity contribution in [1.82, 2.24) is 9.97 Å². The lowest BCUT2D eigenvalue weighted by Crippen LogP contribution is -2.15. The molecule has 0 aliphatic carbocycles. The fourth-order valence-electron chi connectivity index (χ4n) is 1.66. The Morgan fingerprint density at radius 3 is 2.62 bits per heavy atom. The van der Waals surface area contributed by atoms with Gasteiger partial charge in [0.15, 0.2) is 5.16 Å². The van der Waals surface area contributed by atoms with Gasteiger partial charge in [0.05, 0.1) is 11.4 Å². The van der Waals surface area contributed by atoms with Crippen LogP contribution in [0, 0.1) is 6.92 Å². The number of aromatic nitrogens is 2. The van der Waals surface area contributed by atoms with E-state index in [1.807, 2.05) is 0 Å². The number of hydrogen-bond donors (Lipinski definition) is 1. The average Bonchev–Trinajstić information content (AvgIpc) is 2.47. The molecule has 0 saturated heterocycles. The summed E-state index contributed by atoms with van der Waals surface area (Å²) in [6.07, 6.45) is -4.55. The van der Waals surface area contributed by atoms with Crippen LogP contribution in [0.15, 0.2) is 38.4 Å². The van der Waals surface area contributed by atoms with Crippen LogP contribution in [0.3, 0.4) is 0 Å². The summed E-state index contributed by atoms with van der Waals surface area (Å²) in [6, 6.07) is 6.13. The molecule has 0 radical (unpaired) electrons. The first kappa shape index (κ1) is 19.2. The maximum Gasteiger partial charge on any atom is 0.433 e. The second-order valence-corrected chi connectivity index (χ2v) is 7.35. The summed E-state index contributed by atoms with van der Waals surface area (Å²) in [5.74, 6) is -0.489. The van der Waals surface area contributed by atoms with Crippen molar-refractivity contribution < 1.29 is 18.0 Å². The van der Waals surface area contributed by atoms with Crippen LogP contribution in [0.4, 0.5) is 18.9 Å². The molecule has 10 heteroatoms. The predicted octanol–water partition coefficient (Wildman–Crippen LogP) is 5.06. The maximum absolute atomic E-state index is 12.7. The Morgan fingerprint density at radius 2 is 1.96 bits per heavy atom. The standard InChI is InChI=1S/C14H10Br2F3N3OS/c1-7-4-11(14(17,18)19)22-13(20-7)24-6-12(23)21-10-5-8(15)2-3-9(10)16/h2-5H,6H2,1H3,(H,21,23). The van der Waals surface area contributed by atoms with Gasteiger partial charge in [0.25, 0.3) is 0 Å². The fourth-order valence-corrected chi connectivity index (χ4v) is 3.07. The van der Waals surface area contributed by atoms with Gasteiger partial charge in [-0.25, -0.2) is 9.97 Å². The average molecular weight is 485 g/mol. The van der Waals surface area contributed by atoms with E-state index in [4.69, 9.17) is 0 Å². The fraction of sp³-hybridized carbons (Fsp3) is 0.214. The van der Waals surface area contributed by atoms with Crippen LogP contribution in [-0.4, -0.2) is 21.6 Å². The number of amides is 1. The highest BCUT2D eigenvalue weighted by Crippen LogP contribution is 2.30. The minimum Gasteiger partial charge on any atom is -0.324 e. The number of nitrogens with one attached hydrogen (secondary N) is 1. The summed E-state index contributed by atoms with van der Waals surface area (Å²) < 4.78 is 39.7. The maximum atomic E-state index is 12.7. The van der Waals surface area contributed by atoms with E-state index in [0.29, 0.717) is 10.2 Å². The van der Waals surface area contributed by atoms with Crippen LogP contribution in [0.5, 0.6) is 0 Å². The molecule has 1 N–H and O–H groups in total. The quantitative estimate of drug-likeness (QED) is 0.486. The van der Waals surface area contributed by atoms with Crippen LogP contribution in [0.25, 0.3) is 0 Å². The van der Waals surface area contributed by atoms with E-state index in [-0.39, 0.29) is 22.5 Å². The second-order valence-electron chi connectivity index (χ2n) is 4.64. The van der Waals surface area contributed by atoms with Crippen molar-refractivity contribution in [3.63, 3.8) is 0 Å². The zero-order valence-corrected chi connectivity index (χ0v) is 16.1. The van der Waals surface area contributed by atoms with Crippen LogP contribution >= 0.6 is 43.6 Å². The normalized spacial score (nSPS) is 11.4. The lowest BCUT2D eigenvalue weighted by atomic mass is 10.3. The molecular formula is C14H10Br2F3N3OS. The van der Waals surface area contributed by atoms with Gasteiger partial charge in [-0.3, -0.25) is 4.79 Å². The molecular weight excluding hydrogens is 475 g/mol. The number of anilines is 1. The molecule has 0 atom stereocenters. The van der Waals surface area contributed by atoms with Gasteiger partial charge in [-0.1, -0.05) is 27.7 Å². The molecule has 0 aliphatic rings. The van der Waals surface area contributed by atoms with Gasteiger partial charge in [0.1, 0.15) is 5.69 Å². The highest BCUT2D eigenvalue weighted by molar-refractivity contribution is 9.11. The molecule has 1 heterocycles. The summed E-state index contributed by atoms with van der Waals surface area (Å²) in [5.41, 5.74) is -0.279. The Kier molecular flexibility index (Phi) is 6.27. The molecule has 128 valence electrons. The number of benzene rings is 1. The molecule has 2 aromatic rings. The molecule has 0 spiro atoms. The van der Waals surface area contributed by atoms with Gasteiger partial charge < -0.3 is 5.32 Å². The summed E-state index contributed by atoms with van der Waals surface area (Å²) in [6.45, 7) is 1.44. The largest absolute Gasteiger partial charge is 0.433 e. The topological polar surface area (TPSA) is 54.9 Å². The van der Waals surface area contributed by atoms with E-state index in [0.717, 1.165) is 22.3 Å². The van der Waals surface area contributed by atoms with Crippen LogP contribution < -0.4 is 5.32 Å². The highest BCUT2D eigenvalue weighted by atomic mass is 79.9. The SMILES string of the molecule is Cc1cc(C(F)(F)F)nc(SCC(=O)Nc2cc(Br)ccc2Br)n1. The first-order chi connectivity index (χ1) is 11.1. The van der Waals surface area contributed by atoms with Gasteiger partial charge >= 0.3 is 6.18 Å². The molecule has 0 bridgehead atoms. The molecule has 1 aromatic carbocycles. The third-order valence-electron chi connectivity index (χ3n) is 2.66. The van der Waals surface area contributed by atoms with E-state index in [1.54, 1.807) is 18.2 Å². The monoisotopic (exact) mass is 483 g/mol. The zero-order valence-electron chi connectivity index (χ0n) is 12.1. The van der Waals surface area contributed by atoms with Gasteiger partial charge in [0.2, 0.25) is 5.91 Å². The predicted molar refractivity (Wildman–Crippen MR) is 93.0 cm³/mol. The van der Waals surface area contributed by atoms with E-state index < -0.39 is 11.9 Å². The molecule has 0 saturated carbocycles. The minimum atomic E-state index is -4.55. The Balaban J connectivity index is 2.04. The first-order valence-electron chi connectivity index (χ1n) is 6.46. The molecule has 2 rings (SSSR count). The van der Waals surface area contributed by atoms with E-state index >= 15 is 0 Å². The minimum absolute atomic E-state index is 0.0919. The Morgan fingerprint density at radius 1 is 1.25 bits per heavy atom. The molecule has 0 unspecified atom stereocenters. The number of carbonyl (C=O) groups is 1. The zero-order chi connectivity index (χ0) is 17.9. The van der Waals surface area contributed by atoms with E-state index in [1.165, 1.54) is 6.92 Å². The lowest BCUT2D eigenvalue weighted by molar-refractivity contribution is -0.141. The van der Waals surface area contributed by atoms with Crippen LogP contribution in [0.1, 0.15) is 11.4 Å². The molecule has 4 nitrogen and oxygen atoms in total. The van der Waals surface area contributed by atoms with E-state index in [2.05, 4.69) is 47.1 Å². The third-order valence-corrected chi connectivity index (χ3v) is 4.69. The van der Waals surface area contributed by atoms with Crippen molar-refractivity contribution in [3.05, 3.63) is 44.6 Å². The highest BCUT2D eigenvalue weighted by Gasteiger charge is 2.33. The van der Waals surface area contributed by atoms with Crippen LogP contribution in [0.2, 0.25) is 0 Å². The molecule has 24 heavy (non-hydrogen) atoms. The number of alkyl halides is 3. The summed E-state index contributed by atoms with van der Waals surface area (Å²) in [7, 11) is 0. The van der Waals surface area contributed by atoms with Gasteiger partial charge in [-0.05, 0) is 47.1 Å². The number of aryl methyl sites for hydroxylation is 1. The van der Waals surface area contributed by atoms with Crippen molar-refractivity contribution in [2.24, 2.45) is 0 Å². The smallest absolute Gasteiger partial charge is 0.324 e. The Hall–Kier alpha value is -1.13. The number of halogens is 5. The number of nitrogens with zero attached hydrogens (tertiary/aromatic N) is 2. The number of thioether (sulfide) groups is 1. The van der Waals surface area contributed by atoms with Crippen molar-refractivity contribution in [2.75, 3.05) is 11.1 Å². The van der Waals surface area contributed by atoms with Gasteiger partial charge in [0, 0.05) is 14.6 Å². The second kappa shape index (κ2) is 7.83. The molecule has 0 fully saturated rings. The van der Waals surface area contributed by atoms with Crippen molar-refractivity contribution >= 4 is 55.2 Å². The third kappa shape index (κ3) is 5.45. The first-order valence-corrected chi connectivity index (χ1v) is 9.03.